The summed E-state index contributed by atoms with van der Waals surface area (Å²) in [6.07, 6.45) is 0.518. The van der Waals surface area contributed by atoms with E-state index in [4.69, 9.17) is 0 Å². The van der Waals surface area contributed by atoms with Gasteiger partial charge in [-0.05, 0) is 35.4 Å². The van der Waals surface area contributed by atoms with Gasteiger partial charge >= 0.3 is 11.3 Å². The number of benzene rings is 2. The predicted octanol–water partition coefficient (Wildman–Crippen LogP) is 2.90. The molecule has 26 heavy (non-hydrogen) atoms. The Bertz CT molecular complexity index is 1020. The largest absolute Gasteiger partial charge is 0.507 e. The molecule has 1 aliphatic rings. The number of anilines is 1. The lowest BCUT2D eigenvalue weighted by Gasteiger charge is -2.22. The summed E-state index contributed by atoms with van der Waals surface area (Å²) in [6.45, 7) is 2.08. The van der Waals surface area contributed by atoms with Crippen molar-refractivity contribution in [1.29, 1.82) is 0 Å². The average Bonchev–Trinajstić information content (AvgIpc) is 2.66. The third-order valence-corrected chi connectivity index (χ3v) is 5.33. The Morgan fingerprint density at radius 3 is 2.77 bits per heavy atom. The second-order valence-electron chi connectivity index (χ2n) is 6.05. The molecule has 4 rings (SSSR count). The molecule has 6 nitrogen and oxygen atoms in total. The van der Waals surface area contributed by atoms with Crippen molar-refractivity contribution in [2.45, 2.75) is 24.7 Å². The van der Waals surface area contributed by atoms with E-state index in [0.717, 1.165) is 23.4 Å². The van der Waals surface area contributed by atoms with E-state index in [1.807, 2.05) is 36.4 Å². The van der Waals surface area contributed by atoms with Crippen LogP contribution in [0, 0.1) is 0 Å². The second-order valence-corrected chi connectivity index (χ2v) is 7.14. The van der Waals surface area contributed by atoms with Crippen LogP contribution >= 0.6 is 11.8 Å². The zero-order valence-electron chi connectivity index (χ0n) is 14.3. The fourth-order valence-electron chi connectivity index (χ4n) is 3.08. The molecule has 3 N–H and O–H groups in total. The molecule has 2 heterocycles. The predicted molar refractivity (Wildman–Crippen MR) is 101 cm³/mol. The van der Waals surface area contributed by atoms with Crippen molar-refractivity contribution in [3.05, 3.63) is 64.4 Å². The van der Waals surface area contributed by atoms with Crippen molar-refractivity contribution in [3.8, 4) is 17.0 Å². The minimum Gasteiger partial charge on any atom is -0.507 e. The number of fused-ring (bicyclic) bond motifs is 3. The number of phenols is 1. The first-order chi connectivity index (χ1) is 12.7. The third-order valence-electron chi connectivity index (χ3n) is 4.26. The molecule has 1 aliphatic heterocycles. The van der Waals surface area contributed by atoms with Crippen molar-refractivity contribution in [3.63, 3.8) is 0 Å². The quantitative estimate of drug-likeness (QED) is 0.488. The van der Waals surface area contributed by atoms with Crippen molar-refractivity contribution in [2.24, 2.45) is 0 Å². The van der Waals surface area contributed by atoms with Crippen LogP contribution in [0.3, 0.4) is 0 Å². The highest BCUT2D eigenvalue weighted by Gasteiger charge is 2.38. The van der Waals surface area contributed by atoms with Crippen molar-refractivity contribution < 1.29 is 9.79 Å². The number of phenolic OH excluding ortho intramolecular Hbond substituents is 1. The van der Waals surface area contributed by atoms with Crippen molar-refractivity contribution in [2.75, 3.05) is 11.1 Å². The Morgan fingerprint density at radius 1 is 1.19 bits per heavy atom. The number of nitrogens with one attached hydrogen (secondary N) is 2. The third kappa shape index (κ3) is 2.84. The molecule has 0 amide bonds. The monoisotopic (exact) mass is 367 g/mol. The number of nitrogens with zero attached hydrogens (tertiary/aromatic N) is 2. The second kappa shape index (κ2) is 6.84. The molecule has 0 saturated carbocycles. The van der Waals surface area contributed by atoms with Gasteiger partial charge in [0.25, 0.3) is 6.17 Å². The molecule has 0 bridgehead atoms. The molecule has 3 aromatic rings. The van der Waals surface area contributed by atoms with E-state index in [-0.39, 0.29) is 11.3 Å². The van der Waals surface area contributed by atoms with Crippen LogP contribution in [-0.2, 0) is 0 Å². The van der Waals surface area contributed by atoms with E-state index < -0.39 is 6.17 Å². The first kappa shape index (κ1) is 16.7. The number of hydrogen-bond acceptors (Lipinski definition) is 5. The van der Waals surface area contributed by atoms with Crippen LogP contribution in [0.25, 0.3) is 11.3 Å². The van der Waals surface area contributed by atoms with E-state index in [1.54, 1.807) is 16.8 Å². The average molecular weight is 367 g/mol. The van der Waals surface area contributed by atoms with Crippen LogP contribution in [0.2, 0.25) is 0 Å². The Labute approximate surface area is 154 Å². The van der Waals surface area contributed by atoms with Crippen LogP contribution in [0.5, 0.6) is 5.75 Å². The number of H-pyrrole nitrogens is 1. The number of thioether (sulfide) groups is 1. The molecule has 1 atom stereocenters. The Balaban J connectivity index is 1.94. The van der Waals surface area contributed by atoms with Gasteiger partial charge in [0, 0.05) is 10.9 Å². The van der Waals surface area contributed by atoms with E-state index in [1.165, 1.54) is 11.8 Å². The summed E-state index contributed by atoms with van der Waals surface area (Å²) < 4.78 is 1.67. The molecule has 0 fully saturated rings. The lowest BCUT2D eigenvalue weighted by Crippen LogP contribution is -2.55. The minimum atomic E-state index is -0.468. The van der Waals surface area contributed by atoms with E-state index >= 15 is 0 Å². The molecule has 7 heteroatoms. The maximum atomic E-state index is 12.9. The SMILES string of the molecule is CCCSc1n[n+]2c(c(=O)[nH]1)-c1ccccc1N[C@@H]2c1ccccc1O. The number of para-hydroxylation sites is 2. The molecule has 0 aliphatic carbocycles. The molecule has 0 radical (unpaired) electrons. The Kier molecular flexibility index (Phi) is 4.38. The topological polar surface area (TPSA) is 81.9 Å². The van der Waals surface area contributed by atoms with Gasteiger partial charge in [-0.15, -0.1) is 0 Å². The van der Waals surface area contributed by atoms with Gasteiger partial charge in [-0.1, -0.05) is 43.0 Å². The fraction of sp³-hybridized carbons (Fsp3) is 0.211. The van der Waals surface area contributed by atoms with Crippen LogP contribution in [0.1, 0.15) is 25.1 Å². The highest BCUT2D eigenvalue weighted by molar-refractivity contribution is 7.99. The number of aromatic hydroxyl groups is 1. The van der Waals surface area contributed by atoms with Gasteiger partial charge < -0.3 is 10.4 Å². The lowest BCUT2D eigenvalue weighted by atomic mass is 10.0. The highest BCUT2D eigenvalue weighted by atomic mass is 32.2. The maximum absolute atomic E-state index is 12.9. The van der Waals surface area contributed by atoms with Gasteiger partial charge in [-0.2, -0.15) is 0 Å². The van der Waals surface area contributed by atoms with Crippen molar-refractivity contribution >= 4 is 17.4 Å². The number of hydrogen-bond donors (Lipinski definition) is 3. The van der Waals surface area contributed by atoms with E-state index in [2.05, 4.69) is 22.3 Å². The number of aromatic amines is 1. The maximum Gasteiger partial charge on any atom is 0.325 e. The molecular formula is C19H19N4O2S+. The first-order valence-corrected chi connectivity index (χ1v) is 9.50. The summed E-state index contributed by atoms with van der Waals surface area (Å²) in [4.78, 5) is 15.7. The zero-order chi connectivity index (χ0) is 18.1. The van der Waals surface area contributed by atoms with Crippen LogP contribution in [0.15, 0.2) is 58.5 Å². The zero-order valence-corrected chi connectivity index (χ0v) is 15.1. The summed E-state index contributed by atoms with van der Waals surface area (Å²) in [6, 6.07) is 14.7. The summed E-state index contributed by atoms with van der Waals surface area (Å²) in [7, 11) is 0. The minimum absolute atomic E-state index is 0.160. The van der Waals surface area contributed by atoms with Crippen LogP contribution in [-0.4, -0.2) is 20.9 Å². The summed E-state index contributed by atoms with van der Waals surface area (Å²) in [5, 5.41) is 19.0. The molecular weight excluding hydrogens is 348 g/mol. The number of aromatic nitrogens is 3. The van der Waals surface area contributed by atoms with Gasteiger partial charge in [0.15, 0.2) is 0 Å². The highest BCUT2D eigenvalue weighted by Crippen LogP contribution is 2.33. The van der Waals surface area contributed by atoms with Gasteiger partial charge in [0.05, 0.1) is 16.8 Å². The Morgan fingerprint density at radius 2 is 1.96 bits per heavy atom. The van der Waals surface area contributed by atoms with Crippen LogP contribution in [0.4, 0.5) is 5.69 Å². The Hall–Kier alpha value is -2.80. The van der Waals surface area contributed by atoms with Crippen LogP contribution < -0.4 is 15.6 Å². The smallest absolute Gasteiger partial charge is 0.325 e. The van der Waals surface area contributed by atoms with Gasteiger partial charge in [-0.3, -0.25) is 9.78 Å². The summed E-state index contributed by atoms with van der Waals surface area (Å²) >= 11 is 1.51. The number of rotatable bonds is 4. The standard InChI is InChI=1S/C19H18N4O2S/c1-2-11-26-19-21-18(25)16-12-7-3-5-9-14(12)20-17(23(16)22-19)13-8-4-6-10-15(13)24/h3-10,17H,2,11H2,1H3,(H2,21,22,24,25)/p+1/t17-/m0/s1. The molecule has 0 unspecified atom stereocenters. The molecule has 0 saturated heterocycles. The van der Waals surface area contributed by atoms with Crippen molar-refractivity contribution in [1.82, 2.24) is 10.1 Å². The van der Waals surface area contributed by atoms with E-state index in [0.29, 0.717) is 16.4 Å². The molecule has 2 aromatic carbocycles. The summed E-state index contributed by atoms with van der Waals surface area (Å²) in [5.41, 5.74) is 2.58. The van der Waals surface area contributed by atoms with Gasteiger partial charge in [-0.25, -0.2) is 0 Å². The fourth-order valence-corrected chi connectivity index (χ4v) is 3.79. The molecule has 132 valence electrons. The molecule has 1 aromatic heterocycles. The lowest BCUT2D eigenvalue weighted by molar-refractivity contribution is -0.759. The normalized spacial score (nSPS) is 15.0. The first-order valence-electron chi connectivity index (χ1n) is 8.52. The van der Waals surface area contributed by atoms with Gasteiger partial charge in [0.1, 0.15) is 5.75 Å². The van der Waals surface area contributed by atoms with E-state index in [9.17, 15) is 9.90 Å². The summed E-state index contributed by atoms with van der Waals surface area (Å²) in [5.74, 6) is 1.03. The van der Waals surface area contributed by atoms with Gasteiger partial charge in [0.2, 0.25) is 5.16 Å². The molecule has 0 spiro atoms.